The van der Waals surface area contributed by atoms with Gasteiger partial charge in [0.2, 0.25) is 11.8 Å². The number of benzene rings is 3. The minimum absolute atomic E-state index is 0.0697. The highest BCUT2D eigenvalue weighted by molar-refractivity contribution is 8.15. The third-order valence-corrected chi connectivity index (χ3v) is 6.18. The second-order valence-corrected chi connectivity index (χ2v) is 8.49. The van der Waals surface area contributed by atoms with E-state index >= 15 is 0 Å². The van der Waals surface area contributed by atoms with E-state index in [1.807, 2.05) is 60.7 Å². The van der Waals surface area contributed by atoms with E-state index in [4.69, 9.17) is 0 Å². The minimum Gasteiger partial charge on any atom is -0.325 e. The van der Waals surface area contributed by atoms with Crippen molar-refractivity contribution < 1.29 is 14.0 Å². The van der Waals surface area contributed by atoms with Crippen molar-refractivity contribution in [3.05, 3.63) is 96.3 Å². The summed E-state index contributed by atoms with van der Waals surface area (Å²) in [5.41, 5.74) is 2.32. The van der Waals surface area contributed by atoms with Crippen LogP contribution in [-0.4, -0.2) is 33.7 Å². The number of hydrogen-bond acceptors (Lipinski definition) is 4. The molecule has 0 bridgehead atoms. The summed E-state index contributed by atoms with van der Waals surface area (Å²) < 4.78 is 13.1. The third-order valence-electron chi connectivity index (χ3n) is 4.99. The second-order valence-electron chi connectivity index (χ2n) is 7.32. The van der Waals surface area contributed by atoms with Gasteiger partial charge in [-0.2, -0.15) is 0 Å². The quantitative estimate of drug-likeness (QED) is 0.577. The maximum atomic E-state index is 13.1. The van der Waals surface area contributed by atoms with Crippen LogP contribution in [0.2, 0.25) is 0 Å². The average Bonchev–Trinajstić information content (AvgIpc) is 2.81. The zero-order chi connectivity index (χ0) is 22.3. The number of thioether (sulfide) groups is 1. The van der Waals surface area contributed by atoms with E-state index < -0.39 is 5.25 Å². The molecule has 7 heteroatoms. The summed E-state index contributed by atoms with van der Waals surface area (Å²) in [6.07, 6.45) is 0.758. The van der Waals surface area contributed by atoms with E-state index in [0.717, 1.165) is 5.56 Å². The molecule has 1 aliphatic heterocycles. The first-order valence-corrected chi connectivity index (χ1v) is 11.2. The predicted molar refractivity (Wildman–Crippen MR) is 126 cm³/mol. The van der Waals surface area contributed by atoms with Gasteiger partial charge in [-0.05, 0) is 48.4 Å². The summed E-state index contributed by atoms with van der Waals surface area (Å²) >= 11 is 1.27. The molecule has 162 valence electrons. The van der Waals surface area contributed by atoms with Crippen LogP contribution in [0, 0.1) is 5.82 Å². The van der Waals surface area contributed by atoms with E-state index in [9.17, 15) is 14.0 Å². The van der Waals surface area contributed by atoms with Crippen molar-refractivity contribution in [1.82, 2.24) is 4.90 Å². The summed E-state index contributed by atoms with van der Waals surface area (Å²) in [6, 6.07) is 24.9. The molecule has 0 spiro atoms. The number of rotatable bonds is 6. The predicted octanol–water partition coefficient (Wildman–Crippen LogP) is 5.03. The summed E-state index contributed by atoms with van der Waals surface area (Å²) in [6.45, 7) is 0.480. The van der Waals surface area contributed by atoms with Gasteiger partial charge in [0.25, 0.3) is 0 Å². The molecule has 0 saturated carbocycles. The molecule has 32 heavy (non-hydrogen) atoms. The first kappa shape index (κ1) is 21.8. The van der Waals surface area contributed by atoms with Crippen LogP contribution < -0.4 is 5.32 Å². The van der Waals surface area contributed by atoms with Gasteiger partial charge in [0.15, 0.2) is 5.17 Å². The van der Waals surface area contributed by atoms with Gasteiger partial charge in [-0.1, -0.05) is 60.3 Å². The lowest BCUT2D eigenvalue weighted by molar-refractivity contribution is -0.129. The fourth-order valence-corrected chi connectivity index (χ4v) is 4.44. The molecule has 5 nitrogen and oxygen atoms in total. The Balaban J connectivity index is 1.53. The number of carbonyl (C=O) groups is 2. The number of aliphatic imine (C=N–C) groups is 1. The molecule has 1 N–H and O–H groups in total. The van der Waals surface area contributed by atoms with Crippen LogP contribution >= 0.6 is 11.8 Å². The maximum absolute atomic E-state index is 13.1. The van der Waals surface area contributed by atoms with Crippen LogP contribution in [0.25, 0.3) is 0 Å². The topological polar surface area (TPSA) is 61.8 Å². The van der Waals surface area contributed by atoms with Gasteiger partial charge >= 0.3 is 0 Å². The molecular formula is C25H22FN3O2S. The molecule has 1 aliphatic rings. The summed E-state index contributed by atoms with van der Waals surface area (Å²) in [5.74, 6) is -0.830. The van der Waals surface area contributed by atoms with Crippen molar-refractivity contribution in [3.63, 3.8) is 0 Å². The van der Waals surface area contributed by atoms with Gasteiger partial charge in [0.1, 0.15) is 11.1 Å². The standard InChI is InChI=1S/C25H22FN3O2S/c26-19-11-13-21(14-12-19)27-24(31)22-17-23(30)29(16-15-18-7-3-1-4-8-18)25(32-22)28-20-9-5-2-6-10-20/h1-14,22H,15-17H2,(H,27,31). The van der Waals surface area contributed by atoms with Crippen LogP contribution in [0.4, 0.5) is 15.8 Å². The molecule has 3 aromatic rings. The van der Waals surface area contributed by atoms with Gasteiger partial charge < -0.3 is 5.32 Å². The number of nitrogens with one attached hydrogen (secondary N) is 1. The smallest absolute Gasteiger partial charge is 0.238 e. The van der Waals surface area contributed by atoms with Crippen molar-refractivity contribution in [2.45, 2.75) is 18.1 Å². The monoisotopic (exact) mass is 447 g/mol. The Bertz CT molecular complexity index is 1110. The molecule has 1 heterocycles. The van der Waals surface area contributed by atoms with Gasteiger partial charge in [-0.15, -0.1) is 0 Å². The normalized spacial score (nSPS) is 17.4. The molecule has 1 unspecified atom stereocenters. The molecule has 3 aromatic carbocycles. The molecule has 4 rings (SSSR count). The number of amides is 2. The molecule has 0 radical (unpaired) electrons. The van der Waals surface area contributed by atoms with Crippen LogP contribution in [-0.2, 0) is 16.0 Å². The Labute approximate surface area is 190 Å². The van der Waals surface area contributed by atoms with Crippen molar-refractivity contribution in [1.29, 1.82) is 0 Å². The first-order chi connectivity index (χ1) is 15.6. The van der Waals surface area contributed by atoms with E-state index in [0.29, 0.717) is 29.5 Å². The highest BCUT2D eigenvalue weighted by atomic mass is 32.2. The Morgan fingerprint density at radius 2 is 1.66 bits per heavy atom. The number of para-hydroxylation sites is 1. The Hall–Kier alpha value is -3.45. The lowest BCUT2D eigenvalue weighted by atomic mass is 10.1. The van der Waals surface area contributed by atoms with Crippen LogP contribution in [0.3, 0.4) is 0 Å². The highest BCUT2D eigenvalue weighted by Crippen LogP contribution is 2.30. The lowest BCUT2D eigenvalue weighted by Gasteiger charge is -2.32. The summed E-state index contributed by atoms with van der Waals surface area (Å²) in [5, 5.41) is 2.64. The Morgan fingerprint density at radius 3 is 2.34 bits per heavy atom. The van der Waals surface area contributed by atoms with Crippen LogP contribution in [0.5, 0.6) is 0 Å². The largest absolute Gasteiger partial charge is 0.325 e. The molecule has 1 fully saturated rings. The Kier molecular flexibility index (Phi) is 6.97. The molecular weight excluding hydrogens is 425 g/mol. The first-order valence-electron chi connectivity index (χ1n) is 10.3. The van der Waals surface area contributed by atoms with E-state index in [2.05, 4.69) is 10.3 Å². The van der Waals surface area contributed by atoms with Crippen molar-refractivity contribution >= 4 is 40.1 Å². The van der Waals surface area contributed by atoms with Crippen molar-refractivity contribution in [3.8, 4) is 0 Å². The zero-order valence-electron chi connectivity index (χ0n) is 17.3. The maximum Gasteiger partial charge on any atom is 0.238 e. The van der Waals surface area contributed by atoms with E-state index in [1.165, 1.54) is 36.0 Å². The van der Waals surface area contributed by atoms with Crippen molar-refractivity contribution in [2.24, 2.45) is 4.99 Å². The molecule has 0 aliphatic carbocycles. The molecule has 0 aromatic heterocycles. The van der Waals surface area contributed by atoms with Crippen molar-refractivity contribution in [2.75, 3.05) is 11.9 Å². The number of carbonyl (C=O) groups excluding carboxylic acids is 2. The number of halogens is 1. The second kappa shape index (κ2) is 10.2. The van der Waals surface area contributed by atoms with Gasteiger partial charge in [0, 0.05) is 18.7 Å². The van der Waals surface area contributed by atoms with Gasteiger partial charge in [-0.3, -0.25) is 14.5 Å². The summed E-state index contributed by atoms with van der Waals surface area (Å²) in [4.78, 5) is 32.2. The highest BCUT2D eigenvalue weighted by Gasteiger charge is 2.35. The summed E-state index contributed by atoms with van der Waals surface area (Å²) in [7, 11) is 0. The van der Waals surface area contributed by atoms with Crippen LogP contribution in [0.1, 0.15) is 12.0 Å². The lowest BCUT2D eigenvalue weighted by Crippen LogP contribution is -2.46. The average molecular weight is 448 g/mol. The SMILES string of the molecule is O=C(Nc1ccc(F)cc1)C1CC(=O)N(CCc2ccccc2)C(=Nc2ccccc2)S1. The zero-order valence-corrected chi connectivity index (χ0v) is 18.1. The van der Waals surface area contributed by atoms with E-state index in [-0.39, 0.29) is 24.1 Å². The molecule has 1 saturated heterocycles. The fraction of sp³-hybridized carbons (Fsp3) is 0.160. The molecule has 1 atom stereocenters. The van der Waals surface area contributed by atoms with Gasteiger partial charge in [0.05, 0.1) is 5.69 Å². The number of anilines is 1. The molecule has 2 amide bonds. The number of amidine groups is 1. The van der Waals surface area contributed by atoms with Gasteiger partial charge in [-0.25, -0.2) is 9.38 Å². The Morgan fingerprint density at radius 1 is 1.00 bits per heavy atom. The fourth-order valence-electron chi connectivity index (χ4n) is 3.32. The number of nitrogens with zero attached hydrogens (tertiary/aromatic N) is 2. The van der Waals surface area contributed by atoms with E-state index in [1.54, 1.807) is 4.90 Å². The number of hydrogen-bond donors (Lipinski definition) is 1. The van der Waals surface area contributed by atoms with Crippen LogP contribution in [0.15, 0.2) is 89.9 Å². The minimum atomic E-state index is -0.622. The third kappa shape index (κ3) is 5.62.